The molecule has 0 unspecified atom stereocenters. The lowest BCUT2D eigenvalue weighted by molar-refractivity contribution is 0.256. The summed E-state index contributed by atoms with van der Waals surface area (Å²) in [5.41, 5.74) is 2.40. The van der Waals surface area contributed by atoms with E-state index in [1.165, 1.54) is 12.0 Å². The fourth-order valence-corrected chi connectivity index (χ4v) is 2.95. The van der Waals surface area contributed by atoms with Gasteiger partial charge in [-0.05, 0) is 50.6 Å². The number of rotatable bonds is 9. The first-order chi connectivity index (χ1) is 12.3. The molecule has 3 aromatic rings. The smallest absolute Gasteiger partial charge is 0.213 e. The summed E-state index contributed by atoms with van der Waals surface area (Å²) < 4.78 is 5.80. The third kappa shape index (κ3) is 5.57. The van der Waals surface area contributed by atoms with Gasteiger partial charge in [-0.15, -0.1) is 0 Å². The minimum atomic E-state index is 0.703. The summed E-state index contributed by atoms with van der Waals surface area (Å²) in [6, 6.07) is 22.8. The van der Waals surface area contributed by atoms with Crippen molar-refractivity contribution in [1.82, 2.24) is 9.88 Å². The predicted octanol–water partition coefficient (Wildman–Crippen LogP) is 4.57. The maximum atomic E-state index is 5.80. The van der Waals surface area contributed by atoms with E-state index in [1.807, 2.05) is 24.3 Å². The van der Waals surface area contributed by atoms with E-state index in [0.717, 1.165) is 36.8 Å². The number of nitrogens with zero attached hydrogens (tertiary/aromatic N) is 2. The lowest BCUT2D eigenvalue weighted by atomic mass is 10.1. The Morgan fingerprint density at radius 1 is 0.840 bits per heavy atom. The molecule has 2 aromatic carbocycles. The fraction of sp³-hybridized carbons (Fsp3) is 0.318. The zero-order valence-electron chi connectivity index (χ0n) is 14.9. The van der Waals surface area contributed by atoms with Crippen molar-refractivity contribution >= 4 is 10.9 Å². The molecule has 0 N–H and O–H groups in total. The Kier molecular flexibility index (Phi) is 6.41. The van der Waals surface area contributed by atoms with Crippen molar-refractivity contribution in [3.05, 3.63) is 72.3 Å². The van der Waals surface area contributed by atoms with E-state index in [2.05, 4.69) is 59.4 Å². The van der Waals surface area contributed by atoms with Crippen molar-refractivity contribution in [2.24, 2.45) is 0 Å². The summed E-state index contributed by atoms with van der Waals surface area (Å²) >= 11 is 0. The monoisotopic (exact) mass is 334 g/mol. The molecule has 0 aliphatic carbocycles. The van der Waals surface area contributed by atoms with Crippen LogP contribution in [0.1, 0.15) is 18.4 Å². The van der Waals surface area contributed by atoms with Crippen molar-refractivity contribution in [3.8, 4) is 5.88 Å². The maximum Gasteiger partial charge on any atom is 0.213 e. The van der Waals surface area contributed by atoms with Gasteiger partial charge in [0.2, 0.25) is 5.88 Å². The van der Waals surface area contributed by atoms with Gasteiger partial charge < -0.3 is 9.64 Å². The summed E-state index contributed by atoms with van der Waals surface area (Å²) in [5, 5.41) is 1.15. The Bertz CT molecular complexity index is 773. The van der Waals surface area contributed by atoms with Crippen LogP contribution in [0.15, 0.2) is 66.7 Å². The van der Waals surface area contributed by atoms with Crippen LogP contribution < -0.4 is 4.74 Å². The molecule has 130 valence electrons. The number of ether oxygens (including phenoxy) is 1. The van der Waals surface area contributed by atoms with E-state index in [-0.39, 0.29) is 0 Å². The summed E-state index contributed by atoms with van der Waals surface area (Å²) in [6.45, 7) is 2.86. The van der Waals surface area contributed by atoms with Crippen molar-refractivity contribution in [3.63, 3.8) is 0 Å². The molecule has 0 spiro atoms. The molecule has 0 aliphatic heterocycles. The van der Waals surface area contributed by atoms with Gasteiger partial charge in [0.1, 0.15) is 0 Å². The van der Waals surface area contributed by atoms with Crippen LogP contribution in [0, 0.1) is 0 Å². The van der Waals surface area contributed by atoms with Crippen LogP contribution in [0.3, 0.4) is 0 Å². The summed E-state index contributed by atoms with van der Waals surface area (Å²) in [4.78, 5) is 6.91. The quantitative estimate of drug-likeness (QED) is 0.536. The highest BCUT2D eigenvalue weighted by molar-refractivity contribution is 5.78. The number of fused-ring (bicyclic) bond motifs is 1. The third-order valence-corrected chi connectivity index (χ3v) is 4.36. The molecule has 1 heterocycles. The standard InChI is InChI=1S/C22H26N2O/c1-24(16-7-11-19-9-3-2-4-10-19)17-8-18-25-22-15-14-20-12-5-6-13-21(20)23-22/h2-6,9-10,12-15H,7-8,11,16-18H2,1H3. The lowest BCUT2D eigenvalue weighted by Gasteiger charge is -2.16. The Hall–Kier alpha value is -2.39. The molecule has 0 saturated heterocycles. The van der Waals surface area contributed by atoms with E-state index in [0.29, 0.717) is 12.5 Å². The van der Waals surface area contributed by atoms with Gasteiger partial charge in [-0.3, -0.25) is 0 Å². The van der Waals surface area contributed by atoms with Gasteiger partial charge in [-0.25, -0.2) is 4.98 Å². The van der Waals surface area contributed by atoms with E-state index in [1.54, 1.807) is 0 Å². The van der Waals surface area contributed by atoms with Gasteiger partial charge in [0, 0.05) is 18.0 Å². The van der Waals surface area contributed by atoms with E-state index in [4.69, 9.17) is 4.74 Å². The van der Waals surface area contributed by atoms with Crippen LogP contribution in [-0.4, -0.2) is 36.6 Å². The number of pyridine rings is 1. The molecule has 3 nitrogen and oxygen atoms in total. The molecule has 3 heteroatoms. The number of aromatic nitrogens is 1. The molecule has 0 atom stereocenters. The first kappa shape index (κ1) is 17.4. The second kappa shape index (κ2) is 9.19. The Morgan fingerprint density at radius 3 is 2.48 bits per heavy atom. The molecule has 0 saturated carbocycles. The van der Waals surface area contributed by atoms with Crippen LogP contribution in [0.4, 0.5) is 0 Å². The number of hydrogen-bond donors (Lipinski definition) is 0. The van der Waals surface area contributed by atoms with Crippen LogP contribution >= 0.6 is 0 Å². The van der Waals surface area contributed by atoms with Gasteiger partial charge >= 0.3 is 0 Å². The summed E-state index contributed by atoms with van der Waals surface area (Å²) in [5.74, 6) is 0.713. The number of aryl methyl sites for hydroxylation is 1. The second-order valence-electron chi connectivity index (χ2n) is 6.44. The molecule has 0 fully saturated rings. The minimum Gasteiger partial charge on any atom is -0.478 e. The Morgan fingerprint density at radius 2 is 1.60 bits per heavy atom. The van der Waals surface area contributed by atoms with E-state index in [9.17, 15) is 0 Å². The Balaban J connectivity index is 1.33. The van der Waals surface area contributed by atoms with Crippen LogP contribution in [0.5, 0.6) is 5.88 Å². The molecule has 0 aliphatic rings. The normalized spacial score (nSPS) is 11.1. The predicted molar refractivity (Wildman–Crippen MR) is 104 cm³/mol. The highest BCUT2D eigenvalue weighted by Crippen LogP contribution is 2.16. The van der Waals surface area contributed by atoms with Gasteiger partial charge in [0.25, 0.3) is 0 Å². The van der Waals surface area contributed by atoms with Crippen LogP contribution in [-0.2, 0) is 6.42 Å². The average Bonchev–Trinajstić information content (AvgIpc) is 2.66. The molecule has 25 heavy (non-hydrogen) atoms. The first-order valence-electron chi connectivity index (χ1n) is 9.02. The topological polar surface area (TPSA) is 25.4 Å². The zero-order valence-corrected chi connectivity index (χ0v) is 14.9. The molecule has 3 rings (SSSR count). The van der Waals surface area contributed by atoms with Crippen molar-refractivity contribution in [1.29, 1.82) is 0 Å². The molecule has 1 aromatic heterocycles. The van der Waals surface area contributed by atoms with Crippen LogP contribution in [0.2, 0.25) is 0 Å². The fourth-order valence-electron chi connectivity index (χ4n) is 2.95. The van der Waals surface area contributed by atoms with Gasteiger partial charge in [0.05, 0.1) is 12.1 Å². The number of para-hydroxylation sites is 1. The Labute approximate surface area is 150 Å². The zero-order chi connectivity index (χ0) is 17.3. The maximum absolute atomic E-state index is 5.80. The van der Waals surface area contributed by atoms with Crippen molar-refractivity contribution < 1.29 is 4.74 Å². The number of hydrogen-bond acceptors (Lipinski definition) is 3. The van der Waals surface area contributed by atoms with E-state index >= 15 is 0 Å². The second-order valence-corrected chi connectivity index (χ2v) is 6.44. The highest BCUT2D eigenvalue weighted by Gasteiger charge is 2.01. The van der Waals surface area contributed by atoms with Crippen LogP contribution in [0.25, 0.3) is 10.9 Å². The summed E-state index contributed by atoms with van der Waals surface area (Å²) in [7, 11) is 2.18. The third-order valence-electron chi connectivity index (χ3n) is 4.36. The first-order valence-corrected chi connectivity index (χ1v) is 9.02. The highest BCUT2D eigenvalue weighted by atomic mass is 16.5. The molecule has 0 bridgehead atoms. The molecule has 0 radical (unpaired) electrons. The molecular weight excluding hydrogens is 308 g/mol. The molecular formula is C22H26N2O. The van der Waals surface area contributed by atoms with Gasteiger partial charge in [-0.1, -0.05) is 48.5 Å². The molecule has 0 amide bonds. The van der Waals surface area contributed by atoms with Gasteiger partial charge in [0.15, 0.2) is 0 Å². The lowest BCUT2D eigenvalue weighted by Crippen LogP contribution is -2.22. The average molecular weight is 334 g/mol. The van der Waals surface area contributed by atoms with Crippen molar-refractivity contribution in [2.45, 2.75) is 19.3 Å². The summed E-state index contributed by atoms with van der Waals surface area (Å²) in [6.07, 6.45) is 3.34. The largest absolute Gasteiger partial charge is 0.478 e. The number of benzene rings is 2. The van der Waals surface area contributed by atoms with Crippen molar-refractivity contribution in [2.75, 3.05) is 26.7 Å². The van der Waals surface area contributed by atoms with Gasteiger partial charge in [-0.2, -0.15) is 0 Å². The SMILES string of the molecule is CN(CCCOc1ccc2ccccc2n1)CCCc1ccccc1. The van der Waals surface area contributed by atoms with E-state index < -0.39 is 0 Å². The minimum absolute atomic E-state index is 0.703.